The molecule has 248 valence electrons. The number of rotatable bonds is 6. The molecule has 0 spiro atoms. The summed E-state index contributed by atoms with van der Waals surface area (Å²) in [6.07, 6.45) is 0. The molecule has 10 aromatic carbocycles. The van der Waals surface area contributed by atoms with E-state index in [4.69, 9.17) is 0 Å². The fraction of sp³-hybridized carbons (Fsp3) is 0. The summed E-state index contributed by atoms with van der Waals surface area (Å²) in [7, 11) is 0. The summed E-state index contributed by atoms with van der Waals surface area (Å²) in [5.41, 5.74) is 10.8. The molecule has 0 amide bonds. The highest BCUT2D eigenvalue weighted by atomic mass is 15.1. The van der Waals surface area contributed by atoms with E-state index in [9.17, 15) is 0 Å². The maximum absolute atomic E-state index is 2.44. The monoisotopic (exact) mass is 673 g/mol. The minimum absolute atomic E-state index is 1.12. The molecule has 10 rings (SSSR count). The Hall–Kier alpha value is -6.96. The lowest BCUT2D eigenvalue weighted by atomic mass is 9.91. The van der Waals surface area contributed by atoms with Gasteiger partial charge in [-0.3, -0.25) is 0 Å². The molecule has 1 nitrogen and oxygen atoms in total. The van der Waals surface area contributed by atoms with Gasteiger partial charge >= 0.3 is 0 Å². The largest absolute Gasteiger partial charge is 0.309 e. The zero-order chi connectivity index (χ0) is 35.1. The van der Waals surface area contributed by atoms with Crippen LogP contribution in [0.5, 0.6) is 0 Å². The summed E-state index contributed by atoms with van der Waals surface area (Å²) in [5, 5.41) is 9.84. The number of nitrogens with zero attached hydrogens (tertiary/aromatic N) is 1. The van der Waals surface area contributed by atoms with E-state index >= 15 is 0 Å². The molecule has 0 N–H and O–H groups in total. The van der Waals surface area contributed by atoms with Gasteiger partial charge in [-0.2, -0.15) is 0 Å². The van der Waals surface area contributed by atoms with Gasteiger partial charge in [0.05, 0.1) is 11.4 Å². The van der Waals surface area contributed by atoms with Gasteiger partial charge in [-0.1, -0.05) is 170 Å². The van der Waals surface area contributed by atoms with Crippen molar-refractivity contribution in [3.8, 4) is 33.4 Å². The topological polar surface area (TPSA) is 3.24 Å². The highest BCUT2D eigenvalue weighted by Gasteiger charge is 2.19. The van der Waals surface area contributed by atoms with E-state index in [2.05, 4.69) is 217 Å². The SMILES string of the molecule is c1ccc(-c2cccc(-c3cccc4cc5c(-c6cccc(N(c7cccc8ccccc78)c7cccc8ccccc78)c6)cccc5cc34)c2)cc1. The van der Waals surface area contributed by atoms with Crippen LogP contribution in [0.1, 0.15) is 0 Å². The first-order valence-electron chi connectivity index (χ1n) is 18.3. The summed E-state index contributed by atoms with van der Waals surface area (Å²) < 4.78 is 0. The zero-order valence-electron chi connectivity index (χ0n) is 29.2. The Balaban J connectivity index is 1.13. The number of benzene rings is 10. The van der Waals surface area contributed by atoms with Crippen LogP contribution in [0.15, 0.2) is 212 Å². The normalized spacial score (nSPS) is 11.4. The fourth-order valence-electron chi connectivity index (χ4n) is 8.08. The van der Waals surface area contributed by atoms with Crippen LogP contribution in [-0.2, 0) is 0 Å². The van der Waals surface area contributed by atoms with Crippen LogP contribution in [-0.4, -0.2) is 0 Å². The first-order chi connectivity index (χ1) is 26.3. The smallest absolute Gasteiger partial charge is 0.0540 e. The molecule has 0 radical (unpaired) electrons. The van der Waals surface area contributed by atoms with E-state index in [-0.39, 0.29) is 0 Å². The molecule has 0 heterocycles. The van der Waals surface area contributed by atoms with Gasteiger partial charge in [0.15, 0.2) is 0 Å². The molecule has 0 unspecified atom stereocenters. The van der Waals surface area contributed by atoms with Crippen LogP contribution >= 0.6 is 0 Å². The Morgan fingerprint density at radius 2 is 0.679 bits per heavy atom. The molecule has 0 aliphatic heterocycles. The Kier molecular flexibility index (Phi) is 7.55. The second kappa shape index (κ2) is 13.0. The first kappa shape index (κ1) is 30.8. The van der Waals surface area contributed by atoms with Crippen LogP contribution in [0.25, 0.3) is 76.5 Å². The number of hydrogen-bond donors (Lipinski definition) is 0. The molecule has 0 saturated carbocycles. The molecule has 0 saturated heterocycles. The van der Waals surface area contributed by atoms with Crippen molar-refractivity contribution in [3.05, 3.63) is 212 Å². The summed E-state index contributed by atoms with van der Waals surface area (Å²) >= 11 is 0. The molecule has 0 bridgehead atoms. The van der Waals surface area contributed by atoms with E-state index in [1.54, 1.807) is 0 Å². The molecule has 53 heavy (non-hydrogen) atoms. The Morgan fingerprint density at radius 3 is 1.30 bits per heavy atom. The van der Waals surface area contributed by atoms with Crippen molar-refractivity contribution in [2.75, 3.05) is 4.90 Å². The lowest BCUT2D eigenvalue weighted by Gasteiger charge is -2.28. The molecule has 0 aliphatic rings. The summed E-state index contributed by atoms with van der Waals surface area (Å²) in [6.45, 7) is 0. The van der Waals surface area contributed by atoms with Crippen molar-refractivity contribution in [1.29, 1.82) is 0 Å². The highest BCUT2D eigenvalue weighted by molar-refractivity contribution is 6.10. The summed E-state index contributed by atoms with van der Waals surface area (Å²) in [4.78, 5) is 2.44. The van der Waals surface area contributed by atoms with Gasteiger partial charge in [0.25, 0.3) is 0 Å². The van der Waals surface area contributed by atoms with Crippen LogP contribution < -0.4 is 4.90 Å². The molecule has 1 heteroatoms. The van der Waals surface area contributed by atoms with Crippen molar-refractivity contribution >= 4 is 60.2 Å². The van der Waals surface area contributed by atoms with Crippen molar-refractivity contribution < 1.29 is 0 Å². The van der Waals surface area contributed by atoms with Crippen LogP contribution in [0, 0.1) is 0 Å². The molecule has 0 atom stereocenters. The number of hydrogen-bond acceptors (Lipinski definition) is 1. The van der Waals surface area contributed by atoms with Crippen molar-refractivity contribution in [1.82, 2.24) is 0 Å². The number of fused-ring (bicyclic) bond motifs is 4. The van der Waals surface area contributed by atoms with Crippen LogP contribution in [0.3, 0.4) is 0 Å². The zero-order valence-corrected chi connectivity index (χ0v) is 29.2. The maximum atomic E-state index is 2.44. The molecule has 0 aliphatic carbocycles. The van der Waals surface area contributed by atoms with E-state index < -0.39 is 0 Å². The van der Waals surface area contributed by atoms with Gasteiger partial charge in [0.2, 0.25) is 0 Å². The fourth-order valence-corrected chi connectivity index (χ4v) is 8.08. The van der Waals surface area contributed by atoms with Crippen LogP contribution in [0.2, 0.25) is 0 Å². The predicted octanol–water partition coefficient (Wildman–Crippen LogP) is 14.8. The summed E-state index contributed by atoms with van der Waals surface area (Å²) in [6, 6.07) is 77.3. The van der Waals surface area contributed by atoms with E-state index in [1.807, 2.05) is 0 Å². The lowest BCUT2D eigenvalue weighted by Crippen LogP contribution is -2.11. The van der Waals surface area contributed by atoms with Crippen molar-refractivity contribution in [2.24, 2.45) is 0 Å². The van der Waals surface area contributed by atoms with Crippen LogP contribution in [0.4, 0.5) is 17.1 Å². The third-order valence-corrected chi connectivity index (χ3v) is 10.6. The van der Waals surface area contributed by atoms with E-state index in [0.717, 1.165) is 17.1 Å². The highest BCUT2D eigenvalue weighted by Crippen LogP contribution is 2.44. The van der Waals surface area contributed by atoms with Gasteiger partial charge in [0, 0.05) is 16.5 Å². The van der Waals surface area contributed by atoms with E-state index in [1.165, 1.54) is 76.5 Å². The molecule has 0 fully saturated rings. The Labute approximate surface area is 309 Å². The predicted molar refractivity (Wildman–Crippen MR) is 227 cm³/mol. The Morgan fingerprint density at radius 1 is 0.245 bits per heavy atom. The third-order valence-electron chi connectivity index (χ3n) is 10.6. The summed E-state index contributed by atoms with van der Waals surface area (Å²) in [5.74, 6) is 0. The second-order valence-corrected chi connectivity index (χ2v) is 13.7. The minimum Gasteiger partial charge on any atom is -0.309 e. The van der Waals surface area contributed by atoms with E-state index in [0.29, 0.717) is 0 Å². The first-order valence-corrected chi connectivity index (χ1v) is 18.3. The van der Waals surface area contributed by atoms with Crippen molar-refractivity contribution in [3.63, 3.8) is 0 Å². The van der Waals surface area contributed by atoms with Gasteiger partial charge in [-0.15, -0.1) is 0 Å². The second-order valence-electron chi connectivity index (χ2n) is 13.7. The molecular formula is C52H35N. The average molecular weight is 674 g/mol. The average Bonchev–Trinajstić information content (AvgIpc) is 3.23. The van der Waals surface area contributed by atoms with Gasteiger partial charge in [-0.25, -0.2) is 0 Å². The van der Waals surface area contributed by atoms with Gasteiger partial charge < -0.3 is 4.90 Å². The Bertz CT molecular complexity index is 2870. The molecule has 0 aromatic heterocycles. The maximum Gasteiger partial charge on any atom is 0.0540 e. The third kappa shape index (κ3) is 5.51. The quantitative estimate of drug-likeness (QED) is 0.159. The molecular weight excluding hydrogens is 639 g/mol. The lowest BCUT2D eigenvalue weighted by molar-refractivity contribution is 1.31. The number of anilines is 3. The van der Waals surface area contributed by atoms with Gasteiger partial charge in [-0.05, 0) is 108 Å². The molecule has 10 aromatic rings. The standard InChI is InChI=1S/C52H35N/c1-2-14-36(15-3-1)39-20-8-21-40(32-39)45-28-10-23-42-35-50-43(34-49(42)45)24-11-29-46(50)41-22-9-25-44(33-41)53(51-30-12-18-37-16-4-6-26-47(37)51)52-31-13-19-38-17-5-7-27-48(38)52/h1-35H. The van der Waals surface area contributed by atoms with Crippen molar-refractivity contribution in [2.45, 2.75) is 0 Å². The van der Waals surface area contributed by atoms with Gasteiger partial charge in [0.1, 0.15) is 0 Å². The minimum atomic E-state index is 1.12.